The zero-order valence-electron chi connectivity index (χ0n) is 26.8. The first-order valence-electron chi connectivity index (χ1n) is 14.7. The van der Waals surface area contributed by atoms with Gasteiger partial charge in [0.15, 0.2) is 5.69 Å². The molecule has 3 aromatic rings. The first-order valence-corrected chi connectivity index (χ1v) is 15.6. The lowest BCUT2D eigenvalue weighted by molar-refractivity contribution is -0.168. The molecule has 260 valence electrons. The Kier molecular flexibility index (Phi) is 12.0. The maximum Gasteiger partial charge on any atom is 0.449 e. The maximum absolute atomic E-state index is 13.6. The number of nitrogens with two attached hydrogens (primary N) is 1. The van der Waals surface area contributed by atoms with Gasteiger partial charge in [-0.25, -0.2) is 0 Å². The van der Waals surface area contributed by atoms with Gasteiger partial charge in [0.25, 0.3) is 0 Å². The number of imide groups is 1. The van der Waals surface area contributed by atoms with E-state index in [0.717, 1.165) is 17.5 Å². The summed E-state index contributed by atoms with van der Waals surface area (Å²) in [7, 11) is 1.75. The van der Waals surface area contributed by atoms with E-state index in [4.69, 9.17) is 10.5 Å². The molecule has 1 aliphatic carbocycles. The van der Waals surface area contributed by atoms with Gasteiger partial charge in [-0.05, 0) is 44.1 Å². The second-order valence-electron chi connectivity index (χ2n) is 11.5. The summed E-state index contributed by atoms with van der Waals surface area (Å²) < 4.78 is 81.1. The lowest BCUT2D eigenvalue weighted by Gasteiger charge is -2.19. The number of halogens is 6. The van der Waals surface area contributed by atoms with E-state index in [1.807, 2.05) is 27.7 Å². The fraction of sp³-hybridized carbons (Fsp3) is 0.567. The predicted octanol–water partition coefficient (Wildman–Crippen LogP) is 5.05. The monoisotopic (exact) mass is 692 g/mol. The van der Waals surface area contributed by atoms with E-state index in [2.05, 4.69) is 15.4 Å². The first kappa shape index (κ1) is 38.0. The summed E-state index contributed by atoms with van der Waals surface area (Å²) in [5.74, 6) is -2.62. The Labute approximate surface area is 271 Å². The van der Waals surface area contributed by atoms with Crippen molar-refractivity contribution < 1.29 is 45.5 Å². The number of ether oxygens (including phenoxy) is 1. The molecule has 0 spiro atoms. The number of ketones is 1. The van der Waals surface area contributed by atoms with Gasteiger partial charge >= 0.3 is 12.4 Å². The van der Waals surface area contributed by atoms with Crippen molar-refractivity contribution in [2.45, 2.75) is 66.2 Å². The predicted molar refractivity (Wildman–Crippen MR) is 163 cm³/mol. The van der Waals surface area contributed by atoms with Gasteiger partial charge < -0.3 is 15.8 Å². The number of carbonyl (C=O) groups excluding carboxylic acids is 3. The van der Waals surface area contributed by atoms with Crippen LogP contribution < -0.4 is 11.1 Å². The molecule has 1 aliphatic heterocycles. The average molecular weight is 693 g/mol. The number of pyridine rings is 1. The number of fused-ring (bicyclic) bond motifs is 2. The zero-order chi connectivity index (χ0) is 35.5. The molecule has 3 atom stereocenters. The van der Waals surface area contributed by atoms with Crippen LogP contribution >= 0.6 is 11.3 Å². The molecule has 10 nitrogen and oxygen atoms in total. The zero-order valence-corrected chi connectivity index (χ0v) is 27.6. The summed E-state index contributed by atoms with van der Waals surface area (Å²) in [6, 6.07) is 4.49. The van der Waals surface area contributed by atoms with Crippen LogP contribution in [0.3, 0.4) is 0 Å². The molecule has 3 unspecified atom stereocenters. The summed E-state index contributed by atoms with van der Waals surface area (Å²) in [6.45, 7) is 9.93. The van der Waals surface area contributed by atoms with Crippen molar-refractivity contribution in [2.75, 3.05) is 26.7 Å². The van der Waals surface area contributed by atoms with Gasteiger partial charge in [0, 0.05) is 36.7 Å². The third-order valence-corrected chi connectivity index (χ3v) is 8.77. The van der Waals surface area contributed by atoms with Gasteiger partial charge in [0.05, 0.1) is 46.9 Å². The molecule has 2 fully saturated rings. The molecule has 47 heavy (non-hydrogen) atoms. The third-order valence-electron chi connectivity index (χ3n) is 7.62. The summed E-state index contributed by atoms with van der Waals surface area (Å²) in [6.07, 6.45) is -8.09. The quantitative estimate of drug-likeness (QED) is 0.236. The van der Waals surface area contributed by atoms with Gasteiger partial charge in [0.1, 0.15) is 0 Å². The molecule has 5 rings (SSSR count). The minimum absolute atomic E-state index is 0.123. The van der Waals surface area contributed by atoms with Crippen molar-refractivity contribution >= 4 is 39.2 Å². The fourth-order valence-electron chi connectivity index (χ4n) is 5.33. The number of piperidine rings is 1. The number of nitrogens with one attached hydrogen (secondary N) is 1. The van der Waals surface area contributed by atoms with Crippen LogP contribution in [0, 0.1) is 17.3 Å². The third kappa shape index (κ3) is 8.55. The highest BCUT2D eigenvalue weighted by Gasteiger charge is 2.72. The lowest BCUT2D eigenvalue weighted by Crippen LogP contribution is -2.35. The van der Waals surface area contributed by atoms with E-state index in [9.17, 15) is 40.7 Å². The van der Waals surface area contributed by atoms with E-state index in [0.29, 0.717) is 41.5 Å². The molecule has 3 N–H and O–H groups in total. The van der Waals surface area contributed by atoms with Crippen LogP contribution in [0.25, 0.3) is 21.5 Å². The highest BCUT2D eigenvalue weighted by molar-refractivity contribution is 7.19. The number of alkyl halides is 6. The van der Waals surface area contributed by atoms with Gasteiger partial charge in [-0.3, -0.25) is 28.9 Å². The number of amides is 2. The highest BCUT2D eigenvalue weighted by Crippen LogP contribution is 2.63. The number of thiophene rings is 1. The van der Waals surface area contributed by atoms with Crippen LogP contribution in [-0.2, 0) is 38.4 Å². The van der Waals surface area contributed by atoms with Gasteiger partial charge in [0.2, 0.25) is 17.6 Å². The minimum Gasteiger partial charge on any atom is -0.375 e. The number of Topliss-reactive ketones (excluding diaryl/α,β-unsaturated/α-hetero) is 1. The Morgan fingerprint density at radius 2 is 1.70 bits per heavy atom. The summed E-state index contributed by atoms with van der Waals surface area (Å²) in [4.78, 5) is 41.3. The Morgan fingerprint density at radius 3 is 2.19 bits per heavy atom. The van der Waals surface area contributed by atoms with Crippen LogP contribution in [0.15, 0.2) is 24.4 Å². The number of hydrogen-bond donors (Lipinski definition) is 2. The van der Waals surface area contributed by atoms with Crippen molar-refractivity contribution in [2.24, 2.45) is 23.0 Å². The normalized spacial score (nSPS) is 19.1. The van der Waals surface area contributed by atoms with Crippen LogP contribution in [0.5, 0.6) is 0 Å². The van der Waals surface area contributed by atoms with Crippen molar-refractivity contribution in [1.29, 1.82) is 0 Å². The largest absolute Gasteiger partial charge is 0.449 e. The molecule has 2 amide bonds. The lowest BCUT2D eigenvalue weighted by atomic mass is 10.1. The molecule has 0 radical (unpaired) electrons. The van der Waals surface area contributed by atoms with Crippen LogP contribution in [0.2, 0.25) is 0 Å². The number of rotatable bonds is 9. The van der Waals surface area contributed by atoms with E-state index in [-0.39, 0.29) is 48.3 Å². The first-order chi connectivity index (χ1) is 21.8. The number of likely N-dealkylation sites (tertiary alicyclic amines) is 1. The van der Waals surface area contributed by atoms with Gasteiger partial charge in [-0.15, -0.1) is 11.3 Å². The topological polar surface area (TPSA) is 132 Å². The van der Waals surface area contributed by atoms with E-state index < -0.39 is 23.8 Å². The molecule has 17 heteroatoms. The SMILES string of the molecule is CC(=O)C(F)(F)F.CCN.CCOC(CNC)Cn1nc(C(F)(F)F)cc1-c1ccnc2cc(CN3C(=O)C4C(C3=O)C4(C)C)sc12. The summed E-state index contributed by atoms with van der Waals surface area (Å²) >= 11 is 1.32. The summed E-state index contributed by atoms with van der Waals surface area (Å²) in [5.41, 5.74) is 5.00. The molecular weight excluding hydrogens is 654 g/mol. The number of nitrogens with zero attached hydrogens (tertiary/aromatic N) is 4. The average Bonchev–Trinajstić information content (AvgIpc) is 3.33. The molecule has 3 aromatic heterocycles. The molecule has 4 heterocycles. The Bertz CT molecular complexity index is 1550. The van der Waals surface area contributed by atoms with Crippen molar-refractivity contribution in [3.63, 3.8) is 0 Å². The Balaban J connectivity index is 0.000000526. The van der Waals surface area contributed by atoms with Crippen molar-refractivity contribution in [3.8, 4) is 11.3 Å². The standard InChI is InChI=1S/C25H28F3N5O3S.C3H3F3O.C2H7N/c1-5-36-13(10-29-4)11-33-17(9-18(31-33)25(26,27)28)15-6-7-30-16-8-14(37-21(15)16)12-32-22(34)19-20(23(32)35)24(19,2)3;1-2(7)3(4,5)6;1-2-3/h6-9,13,19-20,29H,5,10-12H2,1-4H3;1H3;2-3H2,1H3. The maximum atomic E-state index is 13.6. The van der Waals surface area contributed by atoms with E-state index in [1.165, 1.54) is 27.1 Å². The smallest absolute Gasteiger partial charge is 0.375 e. The second-order valence-corrected chi connectivity index (χ2v) is 12.7. The molecule has 0 aromatic carbocycles. The second kappa shape index (κ2) is 14.8. The van der Waals surface area contributed by atoms with Gasteiger partial charge in [-0.2, -0.15) is 31.4 Å². The van der Waals surface area contributed by atoms with Crippen molar-refractivity contribution in [1.82, 2.24) is 25.0 Å². The minimum atomic E-state index is -4.64. The van der Waals surface area contributed by atoms with Crippen LogP contribution in [0.1, 0.15) is 45.2 Å². The van der Waals surface area contributed by atoms with E-state index >= 15 is 0 Å². The number of aromatic nitrogens is 3. The number of hydrogen-bond acceptors (Lipinski definition) is 9. The van der Waals surface area contributed by atoms with Gasteiger partial charge in [-0.1, -0.05) is 20.8 Å². The molecule has 0 bridgehead atoms. The molecule has 1 saturated carbocycles. The van der Waals surface area contributed by atoms with Crippen molar-refractivity contribution in [3.05, 3.63) is 35.0 Å². The number of carbonyl (C=O) groups is 3. The van der Waals surface area contributed by atoms with Crippen LogP contribution in [0.4, 0.5) is 26.3 Å². The molecular formula is C30H38F6N6O4S. The van der Waals surface area contributed by atoms with E-state index in [1.54, 1.807) is 19.2 Å². The Hall–Kier alpha value is -3.41. The highest BCUT2D eigenvalue weighted by atomic mass is 32.1. The number of likely N-dealkylation sites (N-methyl/N-ethyl adjacent to an activating group) is 1. The summed E-state index contributed by atoms with van der Waals surface area (Å²) in [5, 5.41) is 6.87. The molecule has 2 aliphatic rings. The fourth-order valence-corrected chi connectivity index (χ4v) is 6.45. The Morgan fingerprint density at radius 1 is 1.13 bits per heavy atom. The van der Waals surface area contributed by atoms with Crippen LogP contribution in [-0.4, -0.2) is 76.3 Å². The molecule has 1 saturated heterocycles.